The van der Waals surface area contributed by atoms with E-state index in [1.54, 1.807) is 24.3 Å². The summed E-state index contributed by atoms with van der Waals surface area (Å²) in [7, 11) is 0. The summed E-state index contributed by atoms with van der Waals surface area (Å²) in [6.45, 7) is 0.717. The van der Waals surface area contributed by atoms with Gasteiger partial charge in [-0.1, -0.05) is 0 Å². The summed E-state index contributed by atoms with van der Waals surface area (Å²) in [4.78, 5) is 11.4. The van der Waals surface area contributed by atoms with E-state index in [0.717, 1.165) is 0 Å². The number of nitriles is 1. The molecule has 0 aliphatic heterocycles. The summed E-state index contributed by atoms with van der Waals surface area (Å²) < 4.78 is 10.1. The van der Waals surface area contributed by atoms with Gasteiger partial charge in [0.05, 0.1) is 6.61 Å². The van der Waals surface area contributed by atoms with Gasteiger partial charge in [-0.2, -0.15) is 5.26 Å². The second-order valence-corrected chi connectivity index (χ2v) is 3.36. The minimum absolute atomic E-state index is 0.00135. The molecule has 0 unspecified atom stereocenters. The molecule has 6 nitrogen and oxygen atoms in total. The van der Waals surface area contributed by atoms with Crippen LogP contribution < -0.4 is 15.8 Å². The number of amides is 1. The molecule has 96 valence electrons. The maximum atomic E-state index is 11.4. The highest BCUT2D eigenvalue weighted by atomic mass is 16.5. The largest absolute Gasteiger partial charge is 0.479 e. The van der Waals surface area contributed by atoms with Crippen LogP contribution in [0, 0.1) is 11.3 Å². The SMILES string of the molecule is N#CCOc1ccc(NC(=O)COCCN)cc1. The van der Waals surface area contributed by atoms with E-state index in [2.05, 4.69) is 5.32 Å². The molecule has 6 heteroatoms. The van der Waals surface area contributed by atoms with Crippen LogP contribution in [0.4, 0.5) is 5.69 Å². The standard InChI is InChI=1S/C12H15N3O3/c13-5-7-17-9-12(16)15-10-1-3-11(4-2-10)18-8-6-14/h1-4H,5,7-9,13H2,(H,15,16). The molecular weight excluding hydrogens is 234 g/mol. The number of nitrogens with two attached hydrogens (primary N) is 1. The zero-order valence-corrected chi connectivity index (χ0v) is 9.89. The van der Waals surface area contributed by atoms with E-state index in [1.165, 1.54) is 0 Å². The van der Waals surface area contributed by atoms with Crippen molar-refractivity contribution in [3.8, 4) is 11.8 Å². The molecule has 0 radical (unpaired) electrons. The predicted molar refractivity (Wildman–Crippen MR) is 66.1 cm³/mol. The van der Waals surface area contributed by atoms with E-state index < -0.39 is 0 Å². The minimum Gasteiger partial charge on any atom is -0.479 e. The molecule has 0 heterocycles. The van der Waals surface area contributed by atoms with Crippen molar-refractivity contribution in [3.63, 3.8) is 0 Å². The number of rotatable bonds is 7. The Bertz CT molecular complexity index is 412. The monoisotopic (exact) mass is 249 g/mol. The summed E-state index contributed by atoms with van der Waals surface area (Å²) in [5.41, 5.74) is 5.87. The molecule has 0 saturated heterocycles. The zero-order valence-electron chi connectivity index (χ0n) is 9.89. The van der Waals surface area contributed by atoms with Crippen LogP contribution in [0.5, 0.6) is 5.75 Å². The Balaban J connectivity index is 2.38. The van der Waals surface area contributed by atoms with Crippen LogP contribution in [0.2, 0.25) is 0 Å². The highest BCUT2D eigenvalue weighted by Gasteiger charge is 2.02. The molecular formula is C12H15N3O3. The number of hydrogen-bond donors (Lipinski definition) is 2. The summed E-state index contributed by atoms with van der Waals surface area (Å²) in [6.07, 6.45) is 0. The average Bonchev–Trinajstić information content (AvgIpc) is 2.38. The molecule has 0 aromatic heterocycles. The average molecular weight is 249 g/mol. The van der Waals surface area contributed by atoms with Crippen molar-refractivity contribution < 1.29 is 14.3 Å². The van der Waals surface area contributed by atoms with Crippen LogP contribution in [0.1, 0.15) is 0 Å². The number of hydrogen-bond acceptors (Lipinski definition) is 5. The molecule has 0 aliphatic carbocycles. The quantitative estimate of drug-likeness (QED) is 0.686. The first-order valence-corrected chi connectivity index (χ1v) is 5.43. The Morgan fingerprint density at radius 2 is 2.11 bits per heavy atom. The van der Waals surface area contributed by atoms with Gasteiger partial charge in [0.25, 0.3) is 0 Å². The van der Waals surface area contributed by atoms with Crippen LogP contribution >= 0.6 is 0 Å². The molecule has 0 saturated carbocycles. The fourth-order valence-corrected chi connectivity index (χ4v) is 1.20. The highest BCUT2D eigenvalue weighted by molar-refractivity contribution is 5.91. The minimum atomic E-state index is -0.242. The van der Waals surface area contributed by atoms with E-state index in [1.807, 2.05) is 6.07 Å². The van der Waals surface area contributed by atoms with E-state index in [-0.39, 0.29) is 19.1 Å². The van der Waals surface area contributed by atoms with E-state index in [4.69, 9.17) is 20.5 Å². The molecule has 0 bridgehead atoms. The normalized spacial score (nSPS) is 9.56. The van der Waals surface area contributed by atoms with Crippen LogP contribution in [0.15, 0.2) is 24.3 Å². The number of anilines is 1. The van der Waals surface area contributed by atoms with Crippen molar-refractivity contribution in [2.24, 2.45) is 5.73 Å². The van der Waals surface area contributed by atoms with Gasteiger partial charge in [0.2, 0.25) is 5.91 Å². The molecule has 1 rings (SSSR count). The number of nitrogens with zero attached hydrogens (tertiary/aromatic N) is 1. The van der Waals surface area contributed by atoms with Crippen LogP contribution in [-0.2, 0) is 9.53 Å². The first-order chi connectivity index (χ1) is 8.76. The summed E-state index contributed by atoms with van der Waals surface area (Å²) >= 11 is 0. The number of benzene rings is 1. The van der Waals surface area contributed by atoms with Crippen LogP contribution in [0.3, 0.4) is 0 Å². The molecule has 0 aliphatic rings. The van der Waals surface area contributed by atoms with Crippen molar-refractivity contribution >= 4 is 11.6 Å². The smallest absolute Gasteiger partial charge is 0.250 e. The Kier molecular flexibility index (Phi) is 6.25. The first kappa shape index (κ1) is 14.0. The summed E-state index contributed by atoms with van der Waals surface area (Å²) in [5, 5.41) is 11.0. The lowest BCUT2D eigenvalue weighted by Gasteiger charge is -2.06. The lowest BCUT2D eigenvalue weighted by atomic mass is 10.3. The van der Waals surface area contributed by atoms with E-state index in [0.29, 0.717) is 24.6 Å². The maximum Gasteiger partial charge on any atom is 0.250 e. The lowest BCUT2D eigenvalue weighted by molar-refractivity contribution is -0.120. The Morgan fingerprint density at radius 1 is 1.39 bits per heavy atom. The molecule has 3 N–H and O–H groups in total. The van der Waals surface area contributed by atoms with Crippen molar-refractivity contribution in [3.05, 3.63) is 24.3 Å². The number of carbonyl (C=O) groups is 1. The summed E-state index contributed by atoms with van der Waals surface area (Å²) in [6, 6.07) is 8.60. The lowest BCUT2D eigenvalue weighted by Crippen LogP contribution is -2.20. The Labute approximate surface area is 105 Å². The van der Waals surface area contributed by atoms with Gasteiger partial charge in [0.1, 0.15) is 18.4 Å². The van der Waals surface area contributed by atoms with Crippen molar-refractivity contribution in [2.45, 2.75) is 0 Å². The van der Waals surface area contributed by atoms with Gasteiger partial charge in [-0.3, -0.25) is 4.79 Å². The Hall–Kier alpha value is -2.10. The van der Waals surface area contributed by atoms with Crippen molar-refractivity contribution in [2.75, 3.05) is 31.7 Å². The Morgan fingerprint density at radius 3 is 2.72 bits per heavy atom. The second-order valence-electron chi connectivity index (χ2n) is 3.36. The third-order valence-electron chi connectivity index (χ3n) is 1.94. The van der Waals surface area contributed by atoms with Gasteiger partial charge < -0.3 is 20.5 Å². The fourth-order valence-electron chi connectivity index (χ4n) is 1.20. The molecule has 1 aromatic rings. The third kappa shape index (κ3) is 5.30. The summed E-state index contributed by atoms with van der Waals surface area (Å²) in [5.74, 6) is 0.336. The molecule has 0 spiro atoms. The van der Waals surface area contributed by atoms with E-state index in [9.17, 15) is 4.79 Å². The number of carbonyl (C=O) groups excluding carboxylic acids is 1. The van der Waals surface area contributed by atoms with Crippen molar-refractivity contribution in [1.29, 1.82) is 5.26 Å². The van der Waals surface area contributed by atoms with Gasteiger partial charge in [-0.05, 0) is 24.3 Å². The van der Waals surface area contributed by atoms with Gasteiger partial charge in [-0.15, -0.1) is 0 Å². The highest BCUT2D eigenvalue weighted by Crippen LogP contribution is 2.15. The molecule has 0 fully saturated rings. The van der Waals surface area contributed by atoms with Gasteiger partial charge in [-0.25, -0.2) is 0 Å². The van der Waals surface area contributed by atoms with Gasteiger partial charge >= 0.3 is 0 Å². The molecule has 18 heavy (non-hydrogen) atoms. The predicted octanol–water partition coefficient (Wildman–Crippen LogP) is 0.503. The third-order valence-corrected chi connectivity index (χ3v) is 1.94. The fraction of sp³-hybridized carbons (Fsp3) is 0.333. The number of nitrogens with one attached hydrogen (secondary N) is 1. The maximum absolute atomic E-state index is 11.4. The van der Waals surface area contributed by atoms with Gasteiger partial charge in [0, 0.05) is 12.2 Å². The van der Waals surface area contributed by atoms with Crippen molar-refractivity contribution in [1.82, 2.24) is 0 Å². The number of ether oxygens (including phenoxy) is 2. The molecule has 1 amide bonds. The molecule has 1 aromatic carbocycles. The second kappa shape index (κ2) is 8.06. The van der Waals surface area contributed by atoms with Crippen LogP contribution in [-0.4, -0.2) is 32.3 Å². The zero-order chi connectivity index (χ0) is 13.2. The topological polar surface area (TPSA) is 97.4 Å². The van der Waals surface area contributed by atoms with Gasteiger partial charge in [0.15, 0.2) is 6.61 Å². The molecule has 0 atom stereocenters. The van der Waals surface area contributed by atoms with E-state index >= 15 is 0 Å². The first-order valence-electron chi connectivity index (χ1n) is 5.43. The van der Waals surface area contributed by atoms with Crippen LogP contribution in [0.25, 0.3) is 0 Å².